The molecule has 0 bridgehead atoms. The fourth-order valence-electron chi connectivity index (χ4n) is 2.85. The van der Waals surface area contributed by atoms with Crippen LogP contribution in [0.15, 0.2) is 66.7 Å². The van der Waals surface area contributed by atoms with Crippen LogP contribution in [0.25, 0.3) is 10.8 Å². The van der Waals surface area contributed by atoms with E-state index in [-0.39, 0.29) is 23.9 Å². The first kappa shape index (κ1) is 20.0. The molecule has 0 saturated heterocycles. The van der Waals surface area contributed by atoms with E-state index in [4.69, 9.17) is 5.73 Å². The Kier molecular flexibility index (Phi) is 6.55. The molecule has 0 unspecified atom stereocenters. The van der Waals surface area contributed by atoms with Gasteiger partial charge in [-0.15, -0.1) is 0 Å². The van der Waals surface area contributed by atoms with Crippen molar-refractivity contribution in [1.29, 1.82) is 0 Å². The summed E-state index contributed by atoms with van der Waals surface area (Å²) >= 11 is 0. The second kappa shape index (κ2) is 9.48. The average molecular weight is 390 g/mol. The van der Waals surface area contributed by atoms with Crippen molar-refractivity contribution in [2.75, 3.05) is 25.0 Å². The molecule has 0 radical (unpaired) electrons. The number of rotatable bonds is 7. The summed E-state index contributed by atoms with van der Waals surface area (Å²) in [6.45, 7) is 0.488. The number of hydrogen-bond acceptors (Lipinski definition) is 4. The van der Waals surface area contributed by atoms with Gasteiger partial charge in [0.15, 0.2) is 0 Å². The normalized spacial score (nSPS) is 10.4. The lowest BCUT2D eigenvalue weighted by Crippen LogP contribution is -2.39. The summed E-state index contributed by atoms with van der Waals surface area (Å²) < 4.78 is 0. The molecule has 5 N–H and O–H groups in total. The third-order valence-corrected chi connectivity index (χ3v) is 4.31. The van der Waals surface area contributed by atoms with Gasteiger partial charge in [-0.3, -0.25) is 14.4 Å². The second-order valence-electron chi connectivity index (χ2n) is 6.38. The molecule has 29 heavy (non-hydrogen) atoms. The average Bonchev–Trinajstić information content (AvgIpc) is 2.76. The largest absolute Gasteiger partial charge is 0.353 e. The maximum absolute atomic E-state index is 12.7. The molecule has 0 aliphatic carbocycles. The first-order valence-electron chi connectivity index (χ1n) is 9.22. The summed E-state index contributed by atoms with van der Waals surface area (Å²) in [6, 6.07) is 19.8. The van der Waals surface area contributed by atoms with Crippen LogP contribution >= 0.6 is 0 Å². The highest BCUT2D eigenvalue weighted by Crippen LogP contribution is 2.19. The van der Waals surface area contributed by atoms with Crippen molar-refractivity contribution < 1.29 is 14.4 Å². The summed E-state index contributed by atoms with van der Waals surface area (Å²) in [6.07, 6.45) is 0. The molecule has 3 aromatic carbocycles. The Balaban J connectivity index is 1.71. The fourth-order valence-corrected chi connectivity index (χ4v) is 2.85. The number of carbonyl (C=O) groups excluding carboxylic acids is 3. The van der Waals surface area contributed by atoms with Gasteiger partial charge in [-0.1, -0.05) is 42.5 Å². The quantitative estimate of drug-likeness (QED) is 0.493. The van der Waals surface area contributed by atoms with Crippen LogP contribution in [0.4, 0.5) is 5.69 Å². The van der Waals surface area contributed by atoms with Gasteiger partial charge >= 0.3 is 0 Å². The minimum absolute atomic E-state index is 0.175. The Labute approximate surface area is 168 Å². The van der Waals surface area contributed by atoms with E-state index in [0.717, 1.165) is 10.8 Å². The van der Waals surface area contributed by atoms with Gasteiger partial charge in [-0.2, -0.15) is 0 Å². The monoisotopic (exact) mass is 390 g/mol. The first-order chi connectivity index (χ1) is 14.1. The number of nitrogens with two attached hydrogens (primary N) is 1. The van der Waals surface area contributed by atoms with E-state index in [1.54, 1.807) is 36.4 Å². The van der Waals surface area contributed by atoms with Crippen molar-refractivity contribution in [3.63, 3.8) is 0 Å². The lowest BCUT2D eigenvalue weighted by Gasteiger charge is -2.12. The number of benzene rings is 3. The van der Waals surface area contributed by atoms with Crippen molar-refractivity contribution >= 4 is 34.2 Å². The maximum Gasteiger partial charge on any atom is 0.255 e. The number of para-hydroxylation sites is 1. The van der Waals surface area contributed by atoms with E-state index < -0.39 is 5.91 Å². The molecule has 7 nitrogen and oxygen atoms in total. The Bertz CT molecular complexity index is 1050. The summed E-state index contributed by atoms with van der Waals surface area (Å²) in [4.78, 5) is 36.8. The molecular formula is C22H22N4O3. The van der Waals surface area contributed by atoms with Crippen molar-refractivity contribution in [2.24, 2.45) is 5.73 Å². The van der Waals surface area contributed by atoms with Crippen LogP contribution in [-0.4, -0.2) is 37.4 Å². The van der Waals surface area contributed by atoms with Gasteiger partial charge < -0.3 is 21.7 Å². The van der Waals surface area contributed by atoms with Crippen LogP contribution < -0.4 is 21.7 Å². The van der Waals surface area contributed by atoms with E-state index in [9.17, 15) is 14.4 Å². The predicted molar refractivity (Wildman–Crippen MR) is 113 cm³/mol. The molecule has 148 valence electrons. The van der Waals surface area contributed by atoms with Gasteiger partial charge in [-0.25, -0.2) is 0 Å². The smallest absolute Gasteiger partial charge is 0.255 e. The van der Waals surface area contributed by atoms with Gasteiger partial charge in [0.2, 0.25) is 5.91 Å². The highest BCUT2D eigenvalue weighted by atomic mass is 16.2. The number of nitrogens with one attached hydrogen (secondary N) is 3. The highest BCUT2D eigenvalue weighted by Gasteiger charge is 2.15. The zero-order chi connectivity index (χ0) is 20.6. The first-order valence-corrected chi connectivity index (χ1v) is 9.22. The molecule has 3 rings (SSSR count). The Morgan fingerprint density at radius 2 is 1.52 bits per heavy atom. The molecule has 7 heteroatoms. The highest BCUT2D eigenvalue weighted by molar-refractivity contribution is 6.10. The molecule has 0 atom stereocenters. The van der Waals surface area contributed by atoms with Gasteiger partial charge in [0, 0.05) is 18.7 Å². The zero-order valence-electron chi connectivity index (χ0n) is 15.8. The molecule has 3 aromatic rings. The molecule has 0 aliphatic heterocycles. The van der Waals surface area contributed by atoms with Crippen molar-refractivity contribution in [1.82, 2.24) is 10.6 Å². The second-order valence-corrected chi connectivity index (χ2v) is 6.38. The Hall–Kier alpha value is -3.71. The molecule has 0 fully saturated rings. The SMILES string of the molecule is NCCNC(=O)CNC(=O)c1ccccc1NC(=O)c1ccc2ccccc2c1. The molecule has 0 spiro atoms. The van der Waals surface area contributed by atoms with Crippen LogP contribution in [0.3, 0.4) is 0 Å². The number of carbonyl (C=O) groups is 3. The molecule has 3 amide bonds. The van der Waals surface area contributed by atoms with Gasteiger partial charge in [0.05, 0.1) is 17.8 Å². The van der Waals surface area contributed by atoms with Crippen molar-refractivity contribution in [3.8, 4) is 0 Å². The molecule has 0 aromatic heterocycles. The Morgan fingerprint density at radius 3 is 2.31 bits per heavy atom. The minimum atomic E-state index is -0.456. The fraction of sp³-hybridized carbons (Fsp3) is 0.136. The number of anilines is 1. The summed E-state index contributed by atoms with van der Waals surface area (Å²) in [7, 11) is 0. The Morgan fingerprint density at radius 1 is 0.793 bits per heavy atom. The van der Waals surface area contributed by atoms with E-state index in [1.165, 1.54) is 0 Å². The third kappa shape index (κ3) is 5.18. The summed E-state index contributed by atoms with van der Waals surface area (Å²) in [5.74, 6) is -1.11. The maximum atomic E-state index is 12.7. The van der Waals surface area contributed by atoms with E-state index in [2.05, 4.69) is 16.0 Å². The van der Waals surface area contributed by atoms with E-state index >= 15 is 0 Å². The zero-order valence-corrected chi connectivity index (χ0v) is 15.8. The van der Waals surface area contributed by atoms with Crippen LogP contribution in [0.2, 0.25) is 0 Å². The van der Waals surface area contributed by atoms with Gasteiger partial charge in [0.1, 0.15) is 0 Å². The molecule has 0 heterocycles. The van der Waals surface area contributed by atoms with E-state index in [0.29, 0.717) is 24.3 Å². The summed E-state index contributed by atoms with van der Waals surface area (Å²) in [5, 5.41) is 9.89. The number of hydrogen-bond donors (Lipinski definition) is 4. The topological polar surface area (TPSA) is 113 Å². The van der Waals surface area contributed by atoms with Crippen LogP contribution in [0, 0.1) is 0 Å². The molecule has 0 saturated carbocycles. The van der Waals surface area contributed by atoms with Gasteiger partial charge in [0.25, 0.3) is 11.8 Å². The molecular weight excluding hydrogens is 368 g/mol. The van der Waals surface area contributed by atoms with Crippen molar-refractivity contribution in [3.05, 3.63) is 77.9 Å². The standard InChI is InChI=1S/C22H22N4O3/c23-11-12-24-20(27)14-25-22(29)18-7-3-4-8-19(18)26-21(28)17-10-9-15-5-1-2-6-16(15)13-17/h1-10,13H,11-12,14,23H2,(H,24,27)(H,25,29)(H,26,28). The predicted octanol–water partition coefficient (Wildman–Crippen LogP) is 1.90. The van der Waals surface area contributed by atoms with Crippen molar-refractivity contribution in [2.45, 2.75) is 0 Å². The third-order valence-electron chi connectivity index (χ3n) is 4.31. The number of fused-ring (bicyclic) bond motifs is 1. The van der Waals surface area contributed by atoms with Crippen LogP contribution in [0.1, 0.15) is 20.7 Å². The lowest BCUT2D eigenvalue weighted by atomic mass is 10.1. The minimum Gasteiger partial charge on any atom is -0.353 e. The van der Waals surface area contributed by atoms with Gasteiger partial charge in [-0.05, 0) is 35.0 Å². The van der Waals surface area contributed by atoms with Crippen LogP contribution in [-0.2, 0) is 4.79 Å². The number of amides is 3. The van der Waals surface area contributed by atoms with Crippen LogP contribution in [0.5, 0.6) is 0 Å². The molecule has 0 aliphatic rings. The van der Waals surface area contributed by atoms with E-state index in [1.807, 2.05) is 30.3 Å². The lowest BCUT2D eigenvalue weighted by molar-refractivity contribution is -0.120. The summed E-state index contributed by atoms with van der Waals surface area (Å²) in [5.41, 5.74) is 6.45.